The molecule has 1 aromatic heterocycles. The van der Waals surface area contributed by atoms with E-state index in [2.05, 4.69) is 15.9 Å². The van der Waals surface area contributed by atoms with Crippen molar-refractivity contribution in [2.75, 3.05) is 0 Å². The molecule has 62 valence electrons. The molecule has 0 amide bonds. The largest absolute Gasteiger partial charge is 0.397 e. The van der Waals surface area contributed by atoms with Crippen LogP contribution < -0.4 is 5.73 Å². The summed E-state index contributed by atoms with van der Waals surface area (Å²) >= 11 is 4.88. The van der Waals surface area contributed by atoms with E-state index in [0.29, 0.717) is 11.3 Å². The molecule has 12 heavy (non-hydrogen) atoms. The number of nitriles is 1. The maximum absolute atomic E-state index is 8.58. The molecule has 0 saturated heterocycles. The Labute approximate surface area is 83.4 Å². The summed E-state index contributed by atoms with van der Waals surface area (Å²) in [6.07, 6.45) is 0. The van der Waals surface area contributed by atoms with Gasteiger partial charge in [0.25, 0.3) is 0 Å². The van der Waals surface area contributed by atoms with Gasteiger partial charge in [-0.2, -0.15) is 5.26 Å². The zero-order chi connectivity index (χ0) is 9.14. The Balaban J connectivity index is 3.09. The van der Waals surface area contributed by atoms with Crippen molar-refractivity contribution >= 4 is 33.0 Å². The van der Waals surface area contributed by atoms with Crippen LogP contribution in [0.25, 0.3) is 5.70 Å². The lowest BCUT2D eigenvalue weighted by atomic mass is 10.2. The Morgan fingerprint density at radius 3 is 2.83 bits per heavy atom. The minimum absolute atomic E-state index is 0.555. The monoisotopic (exact) mass is 242 g/mol. The molecule has 1 aromatic rings. The van der Waals surface area contributed by atoms with Gasteiger partial charge in [0, 0.05) is 16.5 Å². The Morgan fingerprint density at radius 2 is 2.42 bits per heavy atom. The van der Waals surface area contributed by atoms with Crippen LogP contribution in [-0.2, 0) is 0 Å². The topological polar surface area (TPSA) is 49.8 Å². The molecule has 0 aliphatic heterocycles. The third-order valence-corrected chi connectivity index (χ3v) is 2.95. The molecule has 0 unspecified atom stereocenters. The Hall–Kier alpha value is -0.790. The van der Waals surface area contributed by atoms with E-state index in [0.717, 1.165) is 9.35 Å². The molecule has 0 spiro atoms. The molecular weight excluding hydrogens is 236 g/mol. The Bertz CT molecular complexity index is 359. The van der Waals surface area contributed by atoms with Crippen LogP contribution in [0.3, 0.4) is 0 Å². The van der Waals surface area contributed by atoms with Crippen LogP contribution in [0.5, 0.6) is 0 Å². The van der Waals surface area contributed by atoms with Gasteiger partial charge in [0.2, 0.25) is 0 Å². The summed E-state index contributed by atoms with van der Waals surface area (Å²) in [5.41, 5.74) is 7.72. The van der Waals surface area contributed by atoms with E-state index in [9.17, 15) is 0 Å². The predicted molar refractivity (Wildman–Crippen MR) is 54.4 cm³/mol. The van der Waals surface area contributed by atoms with Gasteiger partial charge in [-0.05, 0) is 28.9 Å². The average molecular weight is 243 g/mol. The smallest absolute Gasteiger partial charge is 0.0965 e. The summed E-state index contributed by atoms with van der Waals surface area (Å²) in [6.45, 7) is 1.71. The fourth-order valence-corrected chi connectivity index (χ4v) is 1.88. The second-order valence-corrected chi connectivity index (χ2v) is 4.58. The van der Waals surface area contributed by atoms with Gasteiger partial charge >= 0.3 is 0 Å². The molecule has 0 atom stereocenters. The molecule has 0 aliphatic carbocycles. The maximum atomic E-state index is 8.58. The molecule has 1 heterocycles. The summed E-state index contributed by atoms with van der Waals surface area (Å²) in [5, 5.41) is 10.5. The number of nitrogens with two attached hydrogens (primary N) is 1. The van der Waals surface area contributed by atoms with Gasteiger partial charge in [0.1, 0.15) is 0 Å². The quantitative estimate of drug-likeness (QED) is 0.771. The molecule has 0 aliphatic rings. The zero-order valence-corrected chi connectivity index (χ0v) is 8.87. The van der Waals surface area contributed by atoms with Crippen LogP contribution in [0.15, 0.2) is 20.8 Å². The van der Waals surface area contributed by atoms with Crippen LogP contribution in [0.2, 0.25) is 0 Å². The Kier molecular flexibility index (Phi) is 2.90. The zero-order valence-electron chi connectivity index (χ0n) is 6.47. The van der Waals surface area contributed by atoms with Crippen LogP contribution >= 0.6 is 27.3 Å². The second-order valence-electron chi connectivity index (χ2n) is 2.29. The molecule has 0 aromatic carbocycles. The highest BCUT2D eigenvalue weighted by atomic mass is 79.9. The molecule has 2 nitrogen and oxygen atoms in total. The van der Waals surface area contributed by atoms with Crippen LogP contribution in [0.1, 0.15) is 12.5 Å². The van der Waals surface area contributed by atoms with Gasteiger partial charge in [-0.1, -0.05) is 0 Å². The van der Waals surface area contributed by atoms with Crippen molar-refractivity contribution in [2.45, 2.75) is 6.92 Å². The van der Waals surface area contributed by atoms with E-state index < -0.39 is 0 Å². The maximum Gasteiger partial charge on any atom is 0.0965 e. The van der Waals surface area contributed by atoms with Crippen molar-refractivity contribution in [3.05, 3.63) is 26.4 Å². The minimum Gasteiger partial charge on any atom is -0.397 e. The van der Waals surface area contributed by atoms with Crippen molar-refractivity contribution in [1.29, 1.82) is 5.26 Å². The molecule has 0 radical (unpaired) electrons. The van der Waals surface area contributed by atoms with Crippen LogP contribution in [-0.4, -0.2) is 0 Å². The number of thiophene rings is 1. The number of halogens is 1. The van der Waals surface area contributed by atoms with Gasteiger partial charge in [-0.3, -0.25) is 0 Å². The predicted octanol–water partition coefficient (Wildman–Crippen LogP) is 2.72. The highest BCUT2D eigenvalue weighted by Crippen LogP contribution is 2.24. The molecule has 0 bridgehead atoms. The van der Waals surface area contributed by atoms with E-state index in [1.807, 2.05) is 17.5 Å². The van der Waals surface area contributed by atoms with E-state index >= 15 is 0 Å². The minimum atomic E-state index is 0.555. The van der Waals surface area contributed by atoms with E-state index in [4.69, 9.17) is 11.0 Å². The summed E-state index contributed by atoms with van der Waals surface area (Å²) in [7, 11) is 0. The summed E-state index contributed by atoms with van der Waals surface area (Å²) in [4.78, 5) is 0. The summed E-state index contributed by atoms with van der Waals surface area (Å²) in [5.74, 6) is 0. The lowest BCUT2D eigenvalue weighted by molar-refractivity contribution is 1.40. The van der Waals surface area contributed by atoms with Gasteiger partial charge in [-0.15, -0.1) is 11.3 Å². The first-order chi connectivity index (χ1) is 5.65. The molecule has 4 heteroatoms. The van der Waals surface area contributed by atoms with Crippen molar-refractivity contribution in [1.82, 2.24) is 0 Å². The SMILES string of the molecule is CC(C#N)=C(N)c1csc(Br)c1. The number of rotatable bonds is 1. The number of hydrogen-bond donors (Lipinski definition) is 1. The first-order valence-corrected chi connectivity index (χ1v) is 4.93. The third-order valence-electron chi connectivity index (χ3n) is 1.45. The molecule has 0 fully saturated rings. The lowest BCUT2D eigenvalue weighted by Gasteiger charge is -1.96. The lowest BCUT2D eigenvalue weighted by Crippen LogP contribution is -1.96. The average Bonchev–Trinajstić information content (AvgIpc) is 2.49. The van der Waals surface area contributed by atoms with Gasteiger partial charge in [0.15, 0.2) is 0 Å². The third kappa shape index (κ3) is 1.87. The van der Waals surface area contributed by atoms with E-state index in [1.54, 1.807) is 18.3 Å². The number of hydrogen-bond acceptors (Lipinski definition) is 3. The fourth-order valence-electron chi connectivity index (χ4n) is 0.728. The Morgan fingerprint density at radius 1 is 1.75 bits per heavy atom. The molecule has 2 N–H and O–H groups in total. The van der Waals surface area contributed by atoms with Gasteiger partial charge in [-0.25, -0.2) is 0 Å². The van der Waals surface area contributed by atoms with Crippen molar-refractivity contribution in [3.63, 3.8) is 0 Å². The van der Waals surface area contributed by atoms with E-state index in [1.165, 1.54) is 0 Å². The molecule has 1 rings (SSSR count). The fraction of sp³-hybridized carbons (Fsp3) is 0.125. The normalized spacial score (nSPS) is 12.1. The standard InChI is InChI=1S/C8H7BrN2S/c1-5(3-10)8(11)6-2-7(9)12-4-6/h2,4H,11H2,1H3. The van der Waals surface area contributed by atoms with Crippen molar-refractivity contribution in [2.24, 2.45) is 5.73 Å². The van der Waals surface area contributed by atoms with Crippen LogP contribution in [0, 0.1) is 11.3 Å². The first-order valence-electron chi connectivity index (χ1n) is 3.26. The van der Waals surface area contributed by atoms with Crippen LogP contribution in [0.4, 0.5) is 0 Å². The first kappa shape index (κ1) is 9.30. The van der Waals surface area contributed by atoms with Crippen molar-refractivity contribution in [3.8, 4) is 6.07 Å². The highest BCUT2D eigenvalue weighted by Gasteiger charge is 2.02. The van der Waals surface area contributed by atoms with E-state index in [-0.39, 0.29) is 0 Å². The number of allylic oxidation sites excluding steroid dienone is 1. The molecule has 0 saturated carbocycles. The highest BCUT2D eigenvalue weighted by molar-refractivity contribution is 9.11. The van der Waals surface area contributed by atoms with Gasteiger partial charge in [0.05, 0.1) is 15.6 Å². The summed E-state index contributed by atoms with van der Waals surface area (Å²) < 4.78 is 1.02. The second kappa shape index (κ2) is 3.74. The summed E-state index contributed by atoms with van der Waals surface area (Å²) in [6, 6.07) is 3.92. The number of nitrogens with zero attached hydrogens (tertiary/aromatic N) is 1. The van der Waals surface area contributed by atoms with Gasteiger partial charge < -0.3 is 5.73 Å². The molecular formula is C8H7BrN2S. The van der Waals surface area contributed by atoms with Crippen molar-refractivity contribution < 1.29 is 0 Å².